The molecular formula is C25H31ClN2O2. The highest BCUT2D eigenvalue weighted by Gasteiger charge is 2.15. The van der Waals surface area contributed by atoms with E-state index in [1.165, 1.54) is 0 Å². The predicted molar refractivity (Wildman–Crippen MR) is 126 cm³/mol. The van der Waals surface area contributed by atoms with Crippen LogP contribution in [0.1, 0.15) is 43.9 Å². The van der Waals surface area contributed by atoms with Gasteiger partial charge in [-0.2, -0.15) is 0 Å². The van der Waals surface area contributed by atoms with Crippen molar-refractivity contribution in [3.8, 4) is 5.75 Å². The van der Waals surface area contributed by atoms with Gasteiger partial charge in [-0.25, -0.2) is 0 Å². The second kappa shape index (κ2) is 11.6. The van der Waals surface area contributed by atoms with Gasteiger partial charge in [0.25, 0.3) is 0 Å². The third-order valence-electron chi connectivity index (χ3n) is 4.76. The Balaban J connectivity index is 2.26. The monoisotopic (exact) mass is 426 g/mol. The van der Waals surface area contributed by atoms with Gasteiger partial charge in [0.1, 0.15) is 11.5 Å². The molecule has 0 saturated carbocycles. The lowest BCUT2D eigenvalue weighted by molar-refractivity contribution is 0.233. The van der Waals surface area contributed by atoms with Crippen molar-refractivity contribution in [3.05, 3.63) is 82.1 Å². The summed E-state index contributed by atoms with van der Waals surface area (Å²) < 4.78 is 6.05. The average Bonchev–Trinajstić information content (AvgIpc) is 2.74. The lowest BCUT2D eigenvalue weighted by Gasteiger charge is -2.16. The van der Waals surface area contributed by atoms with E-state index in [-0.39, 0.29) is 11.7 Å². The van der Waals surface area contributed by atoms with Crippen LogP contribution in [0.25, 0.3) is 5.57 Å². The fraction of sp³-hybridized carbons (Fsp3) is 0.320. The van der Waals surface area contributed by atoms with Gasteiger partial charge in [0, 0.05) is 18.5 Å². The van der Waals surface area contributed by atoms with Gasteiger partial charge in [0.15, 0.2) is 0 Å². The Morgan fingerprint density at radius 3 is 2.43 bits per heavy atom. The largest absolute Gasteiger partial charge is 0.506 e. The molecule has 4 N–H and O–H groups in total. The Bertz CT molecular complexity index is 915. The van der Waals surface area contributed by atoms with Gasteiger partial charge in [-0.15, -0.1) is 0 Å². The number of aromatic hydroxyl groups is 1. The third-order valence-corrected chi connectivity index (χ3v) is 5.06. The quantitative estimate of drug-likeness (QED) is 0.243. The van der Waals surface area contributed by atoms with E-state index >= 15 is 0 Å². The fourth-order valence-corrected chi connectivity index (χ4v) is 3.13. The van der Waals surface area contributed by atoms with Crippen LogP contribution in [0.15, 0.2) is 60.4 Å². The molecule has 0 atom stereocenters. The van der Waals surface area contributed by atoms with E-state index in [1.807, 2.05) is 51.1 Å². The zero-order chi connectivity index (χ0) is 22.1. The maximum atomic E-state index is 10.4. The van der Waals surface area contributed by atoms with Gasteiger partial charge in [-0.1, -0.05) is 74.8 Å². The predicted octanol–water partition coefficient (Wildman–Crippen LogP) is 6.12. The van der Waals surface area contributed by atoms with Crippen molar-refractivity contribution >= 4 is 22.9 Å². The van der Waals surface area contributed by atoms with E-state index < -0.39 is 0 Å². The van der Waals surface area contributed by atoms with Crippen LogP contribution >= 0.6 is 11.6 Å². The normalized spacial score (nSPS) is 12.3. The minimum Gasteiger partial charge on any atom is -0.506 e. The number of phenols is 1. The van der Waals surface area contributed by atoms with Crippen molar-refractivity contribution in [1.29, 1.82) is 5.41 Å². The standard InChI is InChI=1S/C25H31ClN2O2/c1-4-6-20(21-7-5-8-22(26)25(21)29)15-23(24(28)17(2)3)30-14-13-18-9-11-19(16-27)12-10-18/h5-12,15,17,28-29H,4,13-14,16,27H2,1-3H3/b20-6-,23-15+,28-24?. The van der Waals surface area contributed by atoms with Gasteiger partial charge in [0.2, 0.25) is 0 Å². The Morgan fingerprint density at radius 2 is 1.83 bits per heavy atom. The molecule has 2 aromatic rings. The number of benzene rings is 2. The smallest absolute Gasteiger partial charge is 0.141 e. The Morgan fingerprint density at radius 1 is 1.17 bits per heavy atom. The highest BCUT2D eigenvalue weighted by Crippen LogP contribution is 2.33. The molecule has 0 aliphatic carbocycles. The first kappa shape index (κ1) is 23.7. The first-order valence-electron chi connectivity index (χ1n) is 10.3. The van der Waals surface area contributed by atoms with Crippen LogP contribution in [-0.2, 0) is 17.7 Å². The lowest BCUT2D eigenvalue weighted by atomic mass is 9.99. The zero-order valence-corrected chi connectivity index (χ0v) is 18.7. The molecule has 0 radical (unpaired) electrons. The van der Waals surface area contributed by atoms with Crippen molar-refractivity contribution in [3.63, 3.8) is 0 Å². The van der Waals surface area contributed by atoms with Crippen LogP contribution < -0.4 is 5.73 Å². The number of hydrogen-bond acceptors (Lipinski definition) is 4. The third kappa shape index (κ3) is 6.48. The number of nitrogens with two attached hydrogens (primary N) is 1. The van der Waals surface area contributed by atoms with Crippen molar-refractivity contribution < 1.29 is 9.84 Å². The summed E-state index contributed by atoms with van der Waals surface area (Å²) in [5.41, 5.74) is 9.72. The van der Waals surface area contributed by atoms with Crippen LogP contribution in [-0.4, -0.2) is 17.4 Å². The number of ether oxygens (including phenoxy) is 1. The molecule has 0 unspecified atom stereocenters. The summed E-state index contributed by atoms with van der Waals surface area (Å²) in [7, 11) is 0. The van der Waals surface area contributed by atoms with Gasteiger partial charge in [-0.3, -0.25) is 0 Å². The Kier molecular flexibility index (Phi) is 9.15. The second-order valence-corrected chi connectivity index (χ2v) is 7.81. The van der Waals surface area contributed by atoms with E-state index in [0.29, 0.717) is 35.2 Å². The molecule has 0 saturated heterocycles. The first-order valence-corrected chi connectivity index (χ1v) is 10.6. The molecule has 160 valence electrons. The number of rotatable bonds is 10. The molecule has 0 heterocycles. The number of halogens is 1. The highest BCUT2D eigenvalue weighted by atomic mass is 35.5. The number of phenolic OH excluding ortho intramolecular Hbond substituents is 1. The molecule has 0 aliphatic heterocycles. The minimum absolute atomic E-state index is 0.0101. The van der Waals surface area contributed by atoms with E-state index in [2.05, 4.69) is 12.1 Å². The van der Waals surface area contributed by atoms with Crippen molar-refractivity contribution in [2.45, 2.75) is 40.2 Å². The van der Waals surface area contributed by atoms with E-state index in [0.717, 1.165) is 29.5 Å². The summed E-state index contributed by atoms with van der Waals surface area (Å²) in [4.78, 5) is 0. The molecule has 30 heavy (non-hydrogen) atoms. The Labute approximate surface area is 184 Å². The Hall–Kier alpha value is -2.56. The van der Waals surface area contributed by atoms with Crippen molar-refractivity contribution in [2.24, 2.45) is 11.7 Å². The van der Waals surface area contributed by atoms with Crippen LogP contribution in [0.2, 0.25) is 5.02 Å². The van der Waals surface area contributed by atoms with Gasteiger partial charge in [-0.05, 0) is 41.2 Å². The minimum atomic E-state index is 0.0101. The number of para-hydroxylation sites is 1. The second-order valence-electron chi connectivity index (χ2n) is 7.40. The molecule has 2 rings (SSSR count). The van der Waals surface area contributed by atoms with E-state index in [1.54, 1.807) is 12.1 Å². The van der Waals surface area contributed by atoms with Gasteiger partial charge in [0.05, 0.1) is 17.3 Å². The van der Waals surface area contributed by atoms with Crippen LogP contribution in [0.3, 0.4) is 0 Å². The topological polar surface area (TPSA) is 79.3 Å². The molecule has 0 fully saturated rings. The molecule has 0 amide bonds. The first-order chi connectivity index (χ1) is 14.4. The summed E-state index contributed by atoms with van der Waals surface area (Å²) in [5, 5.41) is 19.2. The summed E-state index contributed by atoms with van der Waals surface area (Å²) in [6, 6.07) is 13.4. The fourth-order valence-electron chi connectivity index (χ4n) is 2.96. The van der Waals surface area contributed by atoms with Crippen LogP contribution in [0, 0.1) is 11.3 Å². The van der Waals surface area contributed by atoms with Crippen molar-refractivity contribution in [1.82, 2.24) is 0 Å². The zero-order valence-electron chi connectivity index (χ0n) is 17.9. The molecule has 4 nitrogen and oxygen atoms in total. The molecular weight excluding hydrogens is 396 g/mol. The van der Waals surface area contributed by atoms with Gasteiger partial charge < -0.3 is 21.0 Å². The number of allylic oxidation sites excluding steroid dienone is 4. The van der Waals surface area contributed by atoms with E-state index in [9.17, 15) is 5.11 Å². The summed E-state index contributed by atoms with van der Waals surface area (Å²) in [6.07, 6.45) is 5.32. The molecule has 5 heteroatoms. The van der Waals surface area contributed by atoms with E-state index in [4.69, 9.17) is 27.5 Å². The molecule has 2 aromatic carbocycles. The number of hydrogen-bond donors (Lipinski definition) is 3. The van der Waals surface area contributed by atoms with Gasteiger partial charge >= 0.3 is 0 Å². The molecule has 0 aliphatic rings. The highest BCUT2D eigenvalue weighted by molar-refractivity contribution is 6.32. The van der Waals surface area contributed by atoms with Crippen LogP contribution in [0.5, 0.6) is 5.75 Å². The summed E-state index contributed by atoms with van der Waals surface area (Å²) >= 11 is 6.10. The summed E-state index contributed by atoms with van der Waals surface area (Å²) in [5.74, 6) is 0.545. The maximum Gasteiger partial charge on any atom is 0.141 e. The lowest BCUT2D eigenvalue weighted by Crippen LogP contribution is -2.14. The maximum absolute atomic E-state index is 10.4. The molecule has 0 aromatic heterocycles. The van der Waals surface area contributed by atoms with Crippen molar-refractivity contribution in [2.75, 3.05) is 6.61 Å². The number of nitrogens with one attached hydrogen (secondary N) is 1. The molecule has 0 spiro atoms. The SMILES string of the molecule is CC/C=C(/C=C(/OCCc1ccc(CN)cc1)C(=N)C(C)C)c1cccc(Cl)c1O. The average molecular weight is 427 g/mol. The van der Waals surface area contributed by atoms with Crippen LogP contribution in [0.4, 0.5) is 0 Å². The summed E-state index contributed by atoms with van der Waals surface area (Å²) in [6.45, 7) is 6.92. The molecule has 0 bridgehead atoms.